The lowest BCUT2D eigenvalue weighted by Crippen LogP contribution is -2.25. The van der Waals surface area contributed by atoms with Crippen molar-refractivity contribution < 1.29 is 28.1 Å². The molecule has 3 aromatic carbocycles. The average Bonchev–Trinajstić information content (AvgIpc) is 2.93. The lowest BCUT2D eigenvalue weighted by atomic mass is 9.94. The van der Waals surface area contributed by atoms with Crippen molar-refractivity contribution in [1.82, 2.24) is 4.57 Å². The normalized spacial score (nSPS) is 11.1. The monoisotopic (exact) mass is 517 g/mol. The van der Waals surface area contributed by atoms with E-state index >= 15 is 0 Å². The first-order valence-corrected chi connectivity index (χ1v) is 12.0. The minimum absolute atomic E-state index is 0.189. The van der Waals surface area contributed by atoms with Crippen LogP contribution in [0, 0.1) is 5.82 Å². The van der Waals surface area contributed by atoms with E-state index in [0.717, 1.165) is 5.56 Å². The Labute approximate surface area is 219 Å². The molecule has 1 heterocycles. The molecule has 38 heavy (non-hydrogen) atoms. The summed E-state index contributed by atoms with van der Waals surface area (Å²) in [6, 6.07) is 17.0. The molecule has 0 amide bonds. The van der Waals surface area contributed by atoms with Crippen LogP contribution in [-0.2, 0) is 16.1 Å². The molecule has 1 aromatic heterocycles. The number of rotatable bonds is 9. The number of carbonyl (C=O) groups excluding carboxylic acids is 1. The third-order valence-electron chi connectivity index (χ3n) is 6.08. The summed E-state index contributed by atoms with van der Waals surface area (Å²) in [5.41, 5.74) is 2.25. The number of fused-ring (bicyclic) bond motifs is 1. The number of aromatic nitrogens is 1. The fraction of sp³-hybridized carbons (Fsp3) is 0.200. The van der Waals surface area contributed by atoms with E-state index < -0.39 is 11.8 Å². The van der Waals surface area contributed by atoms with Gasteiger partial charge in [-0.05, 0) is 36.3 Å². The van der Waals surface area contributed by atoms with Gasteiger partial charge in [0.1, 0.15) is 5.82 Å². The van der Waals surface area contributed by atoms with Gasteiger partial charge in [-0.1, -0.05) is 42.5 Å². The average molecular weight is 518 g/mol. The van der Waals surface area contributed by atoms with Crippen LogP contribution in [0.1, 0.15) is 18.1 Å². The molecule has 196 valence electrons. The highest BCUT2D eigenvalue weighted by atomic mass is 19.1. The Kier molecular flexibility index (Phi) is 8.11. The molecule has 4 rings (SSSR count). The predicted octanol–water partition coefficient (Wildman–Crippen LogP) is 5.46. The molecular formula is C30H28FNO6. The number of nitrogens with zero attached hydrogens (tertiary/aromatic N) is 1. The molecule has 0 atom stereocenters. The topological polar surface area (TPSA) is 76.0 Å². The van der Waals surface area contributed by atoms with Gasteiger partial charge in [0, 0.05) is 23.3 Å². The van der Waals surface area contributed by atoms with Crippen molar-refractivity contribution in [3.05, 3.63) is 94.0 Å². The molecule has 0 aliphatic rings. The van der Waals surface area contributed by atoms with E-state index in [0.29, 0.717) is 39.3 Å². The number of esters is 1. The van der Waals surface area contributed by atoms with Crippen molar-refractivity contribution in [1.29, 1.82) is 0 Å². The van der Waals surface area contributed by atoms with Crippen molar-refractivity contribution >= 4 is 22.9 Å². The summed E-state index contributed by atoms with van der Waals surface area (Å²) in [4.78, 5) is 26.4. The molecule has 0 N–H and O–H groups in total. The highest BCUT2D eigenvalue weighted by molar-refractivity contribution is 6.05. The van der Waals surface area contributed by atoms with Crippen molar-refractivity contribution in [2.24, 2.45) is 0 Å². The number of pyridine rings is 1. The summed E-state index contributed by atoms with van der Waals surface area (Å²) < 4.78 is 37.6. The van der Waals surface area contributed by atoms with E-state index in [2.05, 4.69) is 0 Å². The van der Waals surface area contributed by atoms with Gasteiger partial charge in [0.15, 0.2) is 11.5 Å². The molecule has 0 saturated carbocycles. The van der Waals surface area contributed by atoms with E-state index in [1.165, 1.54) is 45.6 Å². The van der Waals surface area contributed by atoms with Gasteiger partial charge in [-0.3, -0.25) is 4.79 Å². The molecule has 0 saturated heterocycles. The van der Waals surface area contributed by atoms with Crippen LogP contribution >= 0.6 is 0 Å². The van der Waals surface area contributed by atoms with E-state index in [1.54, 1.807) is 29.7 Å². The maximum absolute atomic E-state index is 14.1. The van der Waals surface area contributed by atoms with Crippen molar-refractivity contribution in [3.63, 3.8) is 0 Å². The standard InChI is InChI=1S/C30H28FNO6/c1-5-38-25(33)16-15-22-26(20-11-13-21(31)14-12-20)27-23(17-24(35-2)28(36-3)29(27)37-4)32(30(22)34)18-19-9-7-6-8-10-19/h6-17H,5,18H2,1-4H3/b16-15+. The van der Waals surface area contributed by atoms with E-state index in [9.17, 15) is 14.0 Å². The minimum atomic E-state index is -0.592. The minimum Gasteiger partial charge on any atom is -0.493 e. The second kappa shape index (κ2) is 11.6. The van der Waals surface area contributed by atoms with E-state index in [1.807, 2.05) is 30.3 Å². The zero-order chi connectivity index (χ0) is 27.2. The second-order valence-electron chi connectivity index (χ2n) is 8.30. The highest BCUT2D eigenvalue weighted by Crippen LogP contribution is 2.47. The number of halogens is 1. The Morgan fingerprint density at radius 1 is 0.947 bits per heavy atom. The molecule has 0 spiro atoms. The fourth-order valence-electron chi connectivity index (χ4n) is 4.43. The summed E-state index contributed by atoms with van der Waals surface area (Å²) in [5.74, 6) is 0.0130. The molecule has 7 nitrogen and oxygen atoms in total. The van der Waals surface area contributed by atoms with Gasteiger partial charge in [-0.15, -0.1) is 0 Å². The van der Waals surface area contributed by atoms with Crippen LogP contribution in [0.25, 0.3) is 28.1 Å². The van der Waals surface area contributed by atoms with Gasteiger partial charge in [0.2, 0.25) is 5.75 Å². The maximum Gasteiger partial charge on any atom is 0.330 e. The van der Waals surface area contributed by atoms with Gasteiger partial charge >= 0.3 is 5.97 Å². The van der Waals surface area contributed by atoms with Crippen LogP contribution in [0.4, 0.5) is 4.39 Å². The van der Waals surface area contributed by atoms with Gasteiger partial charge in [0.05, 0.1) is 45.4 Å². The zero-order valence-corrected chi connectivity index (χ0v) is 21.6. The number of benzene rings is 3. The first-order chi connectivity index (χ1) is 18.4. The summed E-state index contributed by atoms with van der Waals surface area (Å²) in [7, 11) is 4.48. The summed E-state index contributed by atoms with van der Waals surface area (Å²) >= 11 is 0. The lowest BCUT2D eigenvalue weighted by Gasteiger charge is -2.22. The Balaban J connectivity index is 2.20. The first kappa shape index (κ1) is 26.5. The summed E-state index contributed by atoms with van der Waals surface area (Å²) in [6.45, 7) is 2.12. The Hall–Kier alpha value is -4.59. The zero-order valence-electron chi connectivity index (χ0n) is 21.6. The molecule has 0 aliphatic carbocycles. The number of hydrogen-bond acceptors (Lipinski definition) is 6. The van der Waals surface area contributed by atoms with Crippen molar-refractivity contribution in [3.8, 4) is 28.4 Å². The number of carbonyl (C=O) groups is 1. The molecule has 0 fully saturated rings. The highest BCUT2D eigenvalue weighted by Gasteiger charge is 2.25. The fourth-order valence-corrected chi connectivity index (χ4v) is 4.43. The van der Waals surface area contributed by atoms with Crippen molar-refractivity contribution in [2.45, 2.75) is 13.5 Å². The first-order valence-electron chi connectivity index (χ1n) is 12.0. The SMILES string of the molecule is CCOC(=O)/C=C/c1c(-c2ccc(F)cc2)c2c(OC)c(OC)c(OC)cc2n(Cc2ccccc2)c1=O. The Bertz CT molecular complexity index is 1540. The van der Waals surface area contributed by atoms with Gasteiger partial charge in [-0.2, -0.15) is 0 Å². The molecule has 8 heteroatoms. The second-order valence-corrected chi connectivity index (χ2v) is 8.30. The van der Waals surface area contributed by atoms with Crippen LogP contribution in [0.3, 0.4) is 0 Å². The number of methoxy groups -OCH3 is 3. The van der Waals surface area contributed by atoms with Crippen LogP contribution < -0.4 is 19.8 Å². The van der Waals surface area contributed by atoms with Crippen LogP contribution in [0.5, 0.6) is 17.2 Å². The van der Waals surface area contributed by atoms with Gasteiger partial charge in [0.25, 0.3) is 5.56 Å². The van der Waals surface area contributed by atoms with Gasteiger partial charge in [-0.25, -0.2) is 9.18 Å². The molecular weight excluding hydrogens is 489 g/mol. The van der Waals surface area contributed by atoms with Crippen molar-refractivity contribution in [2.75, 3.05) is 27.9 Å². The molecule has 0 bridgehead atoms. The molecule has 0 aliphatic heterocycles. The van der Waals surface area contributed by atoms with Crippen LogP contribution in [0.2, 0.25) is 0 Å². The summed E-state index contributed by atoms with van der Waals surface area (Å²) in [6.07, 6.45) is 2.63. The predicted molar refractivity (Wildman–Crippen MR) is 144 cm³/mol. The van der Waals surface area contributed by atoms with E-state index in [-0.39, 0.29) is 24.3 Å². The maximum atomic E-state index is 14.1. The van der Waals surface area contributed by atoms with Crippen LogP contribution in [0.15, 0.2) is 71.5 Å². The van der Waals surface area contributed by atoms with E-state index in [4.69, 9.17) is 18.9 Å². The molecule has 0 unspecified atom stereocenters. The Morgan fingerprint density at radius 3 is 2.24 bits per heavy atom. The quantitative estimate of drug-likeness (QED) is 0.217. The molecule has 0 radical (unpaired) electrons. The third kappa shape index (κ3) is 5.11. The smallest absolute Gasteiger partial charge is 0.330 e. The number of ether oxygens (including phenoxy) is 4. The third-order valence-corrected chi connectivity index (χ3v) is 6.08. The van der Waals surface area contributed by atoms with Crippen LogP contribution in [-0.4, -0.2) is 38.5 Å². The Morgan fingerprint density at radius 2 is 1.63 bits per heavy atom. The molecule has 4 aromatic rings. The number of hydrogen-bond donors (Lipinski definition) is 0. The largest absolute Gasteiger partial charge is 0.493 e. The summed E-state index contributed by atoms with van der Waals surface area (Å²) in [5, 5.41) is 0.538. The lowest BCUT2D eigenvalue weighted by molar-refractivity contribution is -0.137. The van der Waals surface area contributed by atoms with Gasteiger partial charge < -0.3 is 23.5 Å².